The zero-order valence-corrected chi connectivity index (χ0v) is 20.1. The van der Waals surface area contributed by atoms with Crippen LogP contribution in [0.1, 0.15) is 47.3 Å². The van der Waals surface area contributed by atoms with Gasteiger partial charge in [-0.25, -0.2) is 4.98 Å². The number of hydrogen-bond donors (Lipinski definition) is 1. The van der Waals surface area contributed by atoms with E-state index < -0.39 is 0 Å². The second-order valence-electron chi connectivity index (χ2n) is 8.37. The first-order valence-corrected chi connectivity index (χ1v) is 12.0. The molecular formula is C25H27N5O3S. The minimum atomic E-state index is -0.140. The Morgan fingerprint density at radius 1 is 1.38 bits per heavy atom. The smallest absolute Gasteiger partial charge is 0.225 e. The monoisotopic (exact) mass is 477 g/mol. The summed E-state index contributed by atoms with van der Waals surface area (Å²) in [4.78, 5) is 32.3. The molecule has 1 aliphatic heterocycles. The first-order valence-electron chi connectivity index (χ1n) is 11.2. The van der Waals surface area contributed by atoms with Gasteiger partial charge >= 0.3 is 0 Å². The van der Waals surface area contributed by atoms with Crippen molar-refractivity contribution in [2.45, 2.75) is 45.2 Å². The number of hydrogen-bond acceptors (Lipinski definition) is 6. The van der Waals surface area contributed by atoms with Crippen molar-refractivity contribution in [2.24, 2.45) is 0 Å². The topological polar surface area (TPSA) is 100 Å². The molecule has 0 saturated carbocycles. The van der Waals surface area contributed by atoms with E-state index in [-0.39, 0.29) is 17.7 Å². The average Bonchev–Trinajstić information content (AvgIpc) is 3.49. The van der Waals surface area contributed by atoms with Gasteiger partial charge in [0.1, 0.15) is 16.8 Å². The summed E-state index contributed by atoms with van der Waals surface area (Å²) in [5.74, 6) is 0.688. The molecule has 1 unspecified atom stereocenters. The maximum absolute atomic E-state index is 12.8. The molecule has 4 rings (SSSR count). The Hall–Kier alpha value is -3.64. The molecule has 1 aromatic carbocycles. The molecule has 2 aromatic heterocycles. The number of carbonyl (C=O) groups is 2. The number of imidazole rings is 1. The summed E-state index contributed by atoms with van der Waals surface area (Å²) in [6.07, 6.45) is 6.53. The lowest BCUT2D eigenvalue weighted by Crippen LogP contribution is -2.35. The quantitative estimate of drug-likeness (QED) is 0.530. The SMILES string of the molecule is COc1cccc(C(C)CC(=O)Nc2sc3c(c2C#N)CCN(C(=O)CCn2ccnc2)C3)c1. The van der Waals surface area contributed by atoms with Gasteiger partial charge in [0.05, 0.1) is 25.5 Å². The van der Waals surface area contributed by atoms with Gasteiger partial charge in [0, 0.05) is 43.2 Å². The molecule has 3 aromatic rings. The number of nitriles is 1. The zero-order chi connectivity index (χ0) is 24.1. The number of thiophene rings is 1. The third kappa shape index (κ3) is 5.29. The van der Waals surface area contributed by atoms with E-state index >= 15 is 0 Å². The fourth-order valence-electron chi connectivity index (χ4n) is 4.15. The molecule has 9 heteroatoms. The van der Waals surface area contributed by atoms with Crippen LogP contribution in [0.2, 0.25) is 0 Å². The van der Waals surface area contributed by atoms with Crippen molar-refractivity contribution in [3.8, 4) is 11.8 Å². The summed E-state index contributed by atoms with van der Waals surface area (Å²) < 4.78 is 7.16. The maximum atomic E-state index is 12.8. The van der Waals surface area contributed by atoms with Gasteiger partial charge in [-0.3, -0.25) is 9.59 Å². The Labute approximate surface area is 202 Å². The molecule has 1 N–H and O–H groups in total. The summed E-state index contributed by atoms with van der Waals surface area (Å²) in [5.41, 5.74) is 2.49. The average molecular weight is 478 g/mol. The number of benzene rings is 1. The van der Waals surface area contributed by atoms with Crippen molar-refractivity contribution >= 4 is 28.2 Å². The zero-order valence-electron chi connectivity index (χ0n) is 19.3. The Morgan fingerprint density at radius 2 is 2.24 bits per heavy atom. The van der Waals surface area contributed by atoms with E-state index in [0.717, 1.165) is 21.8 Å². The van der Waals surface area contributed by atoms with Crippen molar-refractivity contribution < 1.29 is 14.3 Å². The summed E-state index contributed by atoms with van der Waals surface area (Å²) in [6.45, 7) is 3.62. The lowest BCUT2D eigenvalue weighted by Gasteiger charge is -2.27. The molecule has 0 bridgehead atoms. The highest BCUT2D eigenvalue weighted by Gasteiger charge is 2.27. The van der Waals surface area contributed by atoms with Crippen LogP contribution in [0.3, 0.4) is 0 Å². The van der Waals surface area contributed by atoms with E-state index in [2.05, 4.69) is 16.4 Å². The van der Waals surface area contributed by atoms with Crippen LogP contribution >= 0.6 is 11.3 Å². The lowest BCUT2D eigenvalue weighted by molar-refractivity contribution is -0.132. The minimum absolute atomic E-state index is 0.00108. The summed E-state index contributed by atoms with van der Waals surface area (Å²) in [5, 5.41) is 13.3. The molecule has 34 heavy (non-hydrogen) atoms. The Balaban J connectivity index is 1.39. The number of ether oxygens (including phenoxy) is 1. The summed E-state index contributed by atoms with van der Waals surface area (Å²) in [7, 11) is 1.62. The minimum Gasteiger partial charge on any atom is -0.497 e. The van der Waals surface area contributed by atoms with E-state index in [1.165, 1.54) is 11.3 Å². The fraction of sp³-hybridized carbons (Fsp3) is 0.360. The molecule has 0 fully saturated rings. The predicted molar refractivity (Wildman–Crippen MR) is 130 cm³/mol. The molecule has 0 aliphatic carbocycles. The number of fused-ring (bicyclic) bond motifs is 1. The van der Waals surface area contributed by atoms with Crippen LogP contribution in [-0.2, 0) is 29.1 Å². The normalized spacial score (nSPS) is 13.6. The fourth-order valence-corrected chi connectivity index (χ4v) is 5.38. The number of carbonyl (C=O) groups excluding carboxylic acids is 2. The first kappa shape index (κ1) is 23.5. The van der Waals surface area contributed by atoms with Crippen LogP contribution < -0.4 is 10.1 Å². The second-order valence-corrected chi connectivity index (χ2v) is 9.47. The van der Waals surface area contributed by atoms with E-state index in [9.17, 15) is 14.9 Å². The highest BCUT2D eigenvalue weighted by atomic mass is 32.1. The van der Waals surface area contributed by atoms with Gasteiger partial charge in [-0.15, -0.1) is 11.3 Å². The van der Waals surface area contributed by atoms with Gasteiger partial charge in [-0.1, -0.05) is 19.1 Å². The van der Waals surface area contributed by atoms with Gasteiger partial charge in [0.25, 0.3) is 0 Å². The molecule has 1 aliphatic rings. The van der Waals surface area contributed by atoms with Crippen molar-refractivity contribution in [1.82, 2.24) is 14.5 Å². The molecule has 1 atom stereocenters. The molecule has 2 amide bonds. The highest BCUT2D eigenvalue weighted by Crippen LogP contribution is 2.37. The first-order chi connectivity index (χ1) is 16.5. The Morgan fingerprint density at radius 3 is 2.97 bits per heavy atom. The van der Waals surface area contributed by atoms with Crippen LogP contribution in [-0.4, -0.2) is 39.9 Å². The van der Waals surface area contributed by atoms with Crippen LogP contribution in [0, 0.1) is 11.3 Å². The number of amides is 2. The number of methoxy groups -OCH3 is 1. The molecule has 8 nitrogen and oxygen atoms in total. The number of rotatable bonds is 8. The van der Waals surface area contributed by atoms with Crippen LogP contribution in [0.4, 0.5) is 5.00 Å². The van der Waals surface area contributed by atoms with Crippen molar-refractivity contribution in [3.63, 3.8) is 0 Å². The summed E-state index contributed by atoms with van der Waals surface area (Å²) >= 11 is 1.40. The lowest BCUT2D eigenvalue weighted by atomic mass is 9.97. The van der Waals surface area contributed by atoms with Crippen LogP contribution in [0.25, 0.3) is 0 Å². The van der Waals surface area contributed by atoms with Gasteiger partial charge < -0.3 is 19.5 Å². The van der Waals surface area contributed by atoms with Gasteiger partial charge in [-0.05, 0) is 35.6 Å². The van der Waals surface area contributed by atoms with Gasteiger partial charge in [0.2, 0.25) is 11.8 Å². The molecule has 3 heterocycles. The third-order valence-electron chi connectivity index (χ3n) is 6.07. The number of nitrogens with zero attached hydrogens (tertiary/aromatic N) is 4. The second kappa shape index (κ2) is 10.5. The van der Waals surface area contributed by atoms with Crippen LogP contribution in [0.5, 0.6) is 5.75 Å². The van der Waals surface area contributed by atoms with E-state index in [1.807, 2.05) is 46.9 Å². The molecule has 176 valence electrons. The Bertz CT molecular complexity index is 1210. The van der Waals surface area contributed by atoms with Crippen molar-refractivity contribution in [2.75, 3.05) is 19.0 Å². The highest BCUT2D eigenvalue weighted by molar-refractivity contribution is 7.16. The largest absolute Gasteiger partial charge is 0.497 e. The van der Waals surface area contributed by atoms with Crippen molar-refractivity contribution in [1.29, 1.82) is 5.26 Å². The predicted octanol–water partition coefficient (Wildman–Crippen LogP) is 3.93. The van der Waals surface area contributed by atoms with E-state index in [4.69, 9.17) is 4.74 Å². The van der Waals surface area contributed by atoms with Crippen LogP contribution in [0.15, 0.2) is 43.0 Å². The maximum Gasteiger partial charge on any atom is 0.225 e. The number of nitrogens with one attached hydrogen (secondary N) is 1. The van der Waals surface area contributed by atoms with Gasteiger partial charge in [0.15, 0.2) is 0 Å². The summed E-state index contributed by atoms with van der Waals surface area (Å²) in [6, 6.07) is 9.95. The van der Waals surface area contributed by atoms with Gasteiger partial charge in [-0.2, -0.15) is 5.26 Å². The number of anilines is 1. The molecule has 0 spiro atoms. The van der Waals surface area contributed by atoms with E-state index in [0.29, 0.717) is 49.5 Å². The number of aromatic nitrogens is 2. The molecule has 0 radical (unpaired) electrons. The molecular weight excluding hydrogens is 450 g/mol. The Kier molecular flexibility index (Phi) is 7.28. The number of aryl methyl sites for hydroxylation is 1. The third-order valence-corrected chi connectivity index (χ3v) is 7.20. The van der Waals surface area contributed by atoms with E-state index in [1.54, 1.807) is 19.6 Å². The molecule has 0 saturated heterocycles. The standard InChI is InChI=1S/C25H27N5O3S/c1-17(18-4-3-5-19(13-18)33-2)12-23(31)28-25-21(14-26)20-6-10-30(15-22(20)34-25)24(32)7-9-29-11-8-27-16-29/h3-5,8,11,13,16-17H,6-7,9-10,12,15H2,1-2H3,(H,28,31). The van der Waals surface area contributed by atoms with Crippen molar-refractivity contribution in [3.05, 3.63) is 64.6 Å².